The number of fused-ring (bicyclic) bond motifs is 1. The van der Waals surface area contributed by atoms with Crippen LogP contribution in [0.25, 0.3) is 11.2 Å². The average molecular weight is 287 g/mol. The van der Waals surface area contributed by atoms with E-state index < -0.39 is 31.1 Å². The molecule has 1 fully saturated rings. The molecule has 1 aliphatic rings. The van der Waals surface area contributed by atoms with Crippen molar-refractivity contribution in [2.75, 3.05) is 6.61 Å². The number of aliphatic hydroxyl groups excluding tert-OH is 3. The van der Waals surface area contributed by atoms with Crippen LogP contribution in [0.2, 0.25) is 5.02 Å². The third-order valence-electron chi connectivity index (χ3n) is 3.11. The van der Waals surface area contributed by atoms with Crippen molar-refractivity contribution < 1.29 is 20.1 Å². The van der Waals surface area contributed by atoms with Gasteiger partial charge in [-0.2, -0.15) is 5.10 Å². The van der Waals surface area contributed by atoms with E-state index >= 15 is 0 Å². The van der Waals surface area contributed by atoms with Crippen molar-refractivity contribution in [2.45, 2.75) is 24.5 Å². The van der Waals surface area contributed by atoms with Gasteiger partial charge in [-0.15, -0.1) is 5.10 Å². The number of rotatable bonds is 2. The summed E-state index contributed by atoms with van der Waals surface area (Å²) in [7, 11) is 0. The van der Waals surface area contributed by atoms with E-state index in [9.17, 15) is 10.2 Å². The number of aliphatic hydroxyl groups is 3. The first kappa shape index (κ1) is 12.7. The van der Waals surface area contributed by atoms with Crippen LogP contribution in [0.3, 0.4) is 0 Å². The van der Waals surface area contributed by atoms with Crippen LogP contribution in [-0.4, -0.2) is 60.0 Å². The second-order valence-corrected chi connectivity index (χ2v) is 4.65. The zero-order valence-electron chi connectivity index (χ0n) is 9.59. The first-order valence-electron chi connectivity index (χ1n) is 5.59. The molecule has 102 valence electrons. The van der Waals surface area contributed by atoms with Crippen LogP contribution in [0.5, 0.6) is 0 Å². The molecule has 2 aromatic rings. The predicted octanol–water partition coefficient (Wildman–Crippen LogP) is -0.909. The summed E-state index contributed by atoms with van der Waals surface area (Å²) < 4.78 is 6.82. The summed E-state index contributed by atoms with van der Waals surface area (Å²) in [6.45, 7) is -0.395. The van der Waals surface area contributed by atoms with Gasteiger partial charge >= 0.3 is 0 Å². The third kappa shape index (κ3) is 1.88. The van der Waals surface area contributed by atoms with Gasteiger partial charge in [0.15, 0.2) is 11.9 Å². The summed E-state index contributed by atoms with van der Waals surface area (Å²) in [4.78, 5) is 4.07. The molecular formula is C10H11ClN4O4. The Morgan fingerprint density at radius 2 is 2.16 bits per heavy atom. The quantitative estimate of drug-likeness (QED) is 0.655. The lowest BCUT2D eigenvalue weighted by Gasteiger charge is -2.16. The minimum atomic E-state index is -1.20. The molecule has 0 aromatic carbocycles. The van der Waals surface area contributed by atoms with E-state index in [1.54, 1.807) is 0 Å². The highest BCUT2D eigenvalue weighted by Crippen LogP contribution is 2.31. The molecule has 0 bridgehead atoms. The van der Waals surface area contributed by atoms with E-state index in [2.05, 4.69) is 15.2 Å². The van der Waals surface area contributed by atoms with Crippen molar-refractivity contribution in [3.63, 3.8) is 0 Å². The number of ether oxygens (including phenoxy) is 1. The Morgan fingerprint density at radius 1 is 1.37 bits per heavy atom. The van der Waals surface area contributed by atoms with Gasteiger partial charge in [0, 0.05) is 0 Å². The lowest BCUT2D eigenvalue weighted by atomic mass is 10.1. The molecule has 0 aliphatic carbocycles. The number of imidazole rings is 1. The molecule has 0 spiro atoms. The monoisotopic (exact) mass is 286 g/mol. The summed E-state index contributed by atoms with van der Waals surface area (Å²) in [5, 5.41) is 36.6. The molecule has 3 N–H and O–H groups in total. The Kier molecular flexibility index (Phi) is 3.11. The van der Waals surface area contributed by atoms with E-state index in [1.807, 2.05) is 0 Å². The summed E-state index contributed by atoms with van der Waals surface area (Å²) in [5.74, 6) is 0. The van der Waals surface area contributed by atoms with Crippen LogP contribution < -0.4 is 0 Å². The maximum absolute atomic E-state index is 9.94. The van der Waals surface area contributed by atoms with Crippen LogP contribution in [-0.2, 0) is 4.74 Å². The molecule has 3 rings (SSSR count). The smallest absolute Gasteiger partial charge is 0.186 e. The molecule has 0 saturated carbocycles. The van der Waals surface area contributed by atoms with Crippen molar-refractivity contribution in [1.82, 2.24) is 19.7 Å². The fourth-order valence-electron chi connectivity index (χ4n) is 2.11. The largest absolute Gasteiger partial charge is 0.394 e. The molecule has 19 heavy (non-hydrogen) atoms. The third-order valence-corrected chi connectivity index (χ3v) is 3.39. The van der Waals surface area contributed by atoms with Crippen LogP contribution in [0, 0.1) is 0 Å². The van der Waals surface area contributed by atoms with Gasteiger partial charge in [0.25, 0.3) is 0 Å². The molecule has 2 aromatic heterocycles. The predicted molar refractivity (Wildman–Crippen MR) is 63.3 cm³/mol. The Morgan fingerprint density at radius 3 is 2.84 bits per heavy atom. The Bertz CT molecular complexity index is 606. The number of nitrogens with zero attached hydrogens (tertiary/aromatic N) is 4. The highest BCUT2D eigenvalue weighted by molar-refractivity contribution is 6.34. The number of hydrogen-bond donors (Lipinski definition) is 3. The molecule has 0 unspecified atom stereocenters. The fourth-order valence-corrected chi connectivity index (χ4v) is 2.29. The van der Waals surface area contributed by atoms with E-state index in [-0.39, 0.29) is 0 Å². The second-order valence-electron chi connectivity index (χ2n) is 4.25. The van der Waals surface area contributed by atoms with Crippen LogP contribution >= 0.6 is 11.6 Å². The number of halogens is 1. The topological polar surface area (TPSA) is 114 Å². The highest BCUT2D eigenvalue weighted by atomic mass is 35.5. The van der Waals surface area contributed by atoms with E-state index in [1.165, 1.54) is 17.1 Å². The zero-order chi connectivity index (χ0) is 13.6. The minimum Gasteiger partial charge on any atom is -0.394 e. The van der Waals surface area contributed by atoms with Crippen molar-refractivity contribution in [2.24, 2.45) is 0 Å². The minimum absolute atomic E-state index is 0.329. The molecule has 4 atom stereocenters. The van der Waals surface area contributed by atoms with Crippen molar-refractivity contribution in [1.29, 1.82) is 0 Å². The molecule has 9 heteroatoms. The summed E-state index contributed by atoms with van der Waals surface area (Å²) >= 11 is 5.93. The summed E-state index contributed by atoms with van der Waals surface area (Å²) in [6, 6.07) is 0. The van der Waals surface area contributed by atoms with Gasteiger partial charge in [-0.1, -0.05) is 11.6 Å². The van der Waals surface area contributed by atoms with Gasteiger partial charge in [0.2, 0.25) is 0 Å². The SMILES string of the molecule is OC[C@H]1O[C@@H](n2cnc3c(Cl)cnnc32)[C@H](O)[C@@H]1O. The lowest BCUT2D eigenvalue weighted by molar-refractivity contribution is -0.0511. The van der Waals surface area contributed by atoms with Gasteiger partial charge in [-0.05, 0) is 0 Å². The maximum Gasteiger partial charge on any atom is 0.186 e. The van der Waals surface area contributed by atoms with Crippen LogP contribution in [0.4, 0.5) is 0 Å². The average Bonchev–Trinajstić information content (AvgIpc) is 2.94. The van der Waals surface area contributed by atoms with Gasteiger partial charge in [-0.25, -0.2) is 4.98 Å². The van der Waals surface area contributed by atoms with E-state index in [0.29, 0.717) is 16.2 Å². The van der Waals surface area contributed by atoms with Gasteiger partial charge in [0.05, 0.1) is 24.2 Å². The maximum atomic E-state index is 9.94. The van der Waals surface area contributed by atoms with E-state index in [0.717, 1.165) is 0 Å². The summed E-state index contributed by atoms with van der Waals surface area (Å²) in [5.41, 5.74) is 0.761. The number of hydrogen-bond acceptors (Lipinski definition) is 7. The standard InChI is InChI=1S/C10H11ClN4O4/c11-4-1-13-14-9-6(4)12-3-15(9)10-8(18)7(17)5(2-16)19-10/h1,3,5,7-8,10,16-18H,2H2/t5-,7-,8-,10-/m1/s1. The van der Waals surface area contributed by atoms with E-state index in [4.69, 9.17) is 21.4 Å². The molecule has 8 nitrogen and oxygen atoms in total. The first-order chi connectivity index (χ1) is 9.13. The van der Waals surface area contributed by atoms with Crippen molar-refractivity contribution in [3.8, 4) is 0 Å². The molecule has 0 amide bonds. The first-order valence-corrected chi connectivity index (χ1v) is 5.97. The van der Waals surface area contributed by atoms with Crippen molar-refractivity contribution >= 4 is 22.8 Å². The van der Waals surface area contributed by atoms with Gasteiger partial charge in [0.1, 0.15) is 23.8 Å². The molecular weight excluding hydrogens is 276 g/mol. The molecule has 3 heterocycles. The zero-order valence-corrected chi connectivity index (χ0v) is 10.3. The Balaban J connectivity index is 2.04. The second kappa shape index (κ2) is 4.66. The Labute approximate surface area is 112 Å². The van der Waals surface area contributed by atoms with Gasteiger partial charge in [-0.3, -0.25) is 4.57 Å². The fraction of sp³-hybridized carbons (Fsp3) is 0.500. The lowest BCUT2D eigenvalue weighted by Crippen LogP contribution is -2.33. The molecule has 0 radical (unpaired) electrons. The summed E-state index contributed by atoms with van der Waals surface area (Å²) in [6.07, 6.45) is -1.38. The number of aromatic nitrogens is 4. The molecule has 1 aliphatic heterocycles. The Hall–Kier alpha value is -1.32. The van der Waals surface area contributed by atoms with Crippen LogP contribution in [0.1, 0.15) is 6.23 Å². The van der Waals surface area contributed by atoms with Crippen LogP contribution in [0.15, 0.2) is 12.5 Å². The van der Waals surface area contributed by atoms with Crippen molar-refractivity contribution in [3.05, 3.63) is 17.5 Å². The highest BCUT2D eigenvalue weighted by Gasteiger charge is 2.43. The van der Waals surface area contributed by atoms with Gasteiger partial charge < -0.3 is 20.1 Å². The molecule has 1 saturated heterocycles. The normalized spacial score (nSPS) is 31.2.